The van der Waals surface area contributed by atoms with Crippen molar-refractivity contribution >= 4 is 23.0 Å². The first kappa shape index (κ1) is 18.8. The third-order valence-corrected chi connectivity index (χ3v) is 5.34. The van der Waals surface area contributed by atoms with Gasteiger partial charge >= 0.3 is 5.97 Å². The van der Waals surface area contributed by atoms with Crippen LogP contribution in [0.4, 0.5) is 9.18 Å². The number of hydrogen-bond acceptors (Lipinski definition) is 6. The van der Waals surface area contributed by atoms with E-state index in [4.69, 9.17) is 14.2 Å². The Labute approximate surface area is 165 Å². The van der Waals surface area contributed by atoms with E-state index in [1.807, 2.05) is 30.3 Å². The average Bonchev–Trinajstić information content (AvgIpc) is 3.11. The summed E-state index contributed by atoms with van der Waals surface area (Å²) in [6.45, 7) is 0.454. The van der Waals surface area contributed by atoms with Crippen LogP contribution in [0.3, 0.4) is 0 Å². The molecule has 0 spiro atoms. The van der Waals surface area contributed by atoms with Gasteiger partial charge in [0, 0.05) is 29.0 Å². The number of fused-ring (bicyclic) bond motifs is 1. The van der Waals surface area contributed by atoms with E-state index < -0.39 is 18.1 Å². The Morgan fingerprint density at radius 2 is 2.11 bits per heavy atom. The summed E-state index contributed by atoms with van der Waals surface area (Å²) in [5.41, 5.74) is 1.82. The molecule has 0 unspecified atom stereocenters. The van der Waals surface area contributed by atoms with Crippen molar-refractivity contribution in [3.05, 3.63) is 65.0 Å². The second-order valence-corrected chi connectivity index (χ2v) is 7.47. The van der Waals surface area contributed by atoms with Crippen molar-refractivity contribution in [3.8, 4) is 5.75 Å². The number of nitrogens with zero attached hydrogens (tertiary/aromatic N) is 1. The zero-order chi connectivity index (χ0) is 19.5. The second-order valence-electron chi connectivity index (χ2n) is 6.42. The second kappa shape index (κ2) is 8.20. The number of halogens is 1. The van der Waals surface area contributed by atoms with Crippen LogP contribution >= 0.6 is 11.8 Å². The molecular weight excluding hydrogens is 385 g/mol. The third-order valence-electron chi connectivity index (χ3n) is 4.45. The molecule has 0 N–H and O–H groups in total. The quantitative estimate of drug-likeness (QED) is 0.710. The Morgan fingerprint density at radius 1 is 1.29 bits per heavy atom. The number of benzene rings is 2. The maximum Gasteiger partial charge on any atom is 0.326 e. The Hall–Kier alpha value is -2.58. The van der Waals surface area contributed by atoms with Crippen LogP contribution in [-0.2, 0) is 27.5 Å². The fraction of sp³-hybridized carbons (Fsp3) is 0.300. The van der Waals surface area contributed by atoms with Crippen molar-refractivity contribution in [2.24, 2.45) is 0 Å². The summed E-state index contributed by atoms with van der Waals surface area (Å²) in [4.78, 5) is 25.1. The molecule has 0 radical (unpaired) electrons. The van der Waals surface area contributed by atoms with Crippen molar-refractivity contribution in [2.75, 3.05) is 18.8 Å². The summed E-state index contributed by atoms with van der Waals surface area (Å²) in [7, 11) is 0. The molecule has 1 amide bonds. The van der Waals surface area contributed by atoms with Crippen molar-refractivity contribution in [1.82, 2.24) is 4.90 Å². The van der Waals surface area contributed by atoms with Crippen LogP contribution in [0, 0.1) is 5.82 Å². The minimum absolute atomic E-state index is 0.111. The van der Waals surface area contributed by atoms with Gasteiger partial charge in [-0.3, -0.25) is 9.59 Å². The van der Waals surface area contributed by atoms with Crippen molar-refractivity contribution in [1.29, 1.82) is 0 Å². The van der Waals surface area contributed by atoms with Gasteiger partial charge in [-0.25, -0.2) is 4.39 Å². The zero-order valence-corrected chi connectivity index (χ0v) is 15.7. The van der Waals surface area contributed by atoms with Crippen LogP contribution in [0.25, 0.3) is 0 Å². The number of amides is 1. The highest BCUT2D eigenvalue weighted by Gasteiger charge is 2.27. The Balaban J connectivity index is 1.46. The first-order valence-electron chi connectivity index (χ1n) is 8.82. The lowest BCUT2D eigenvalue weighted by Gasteiger charge is -2.28. The number of hydrogen-bond donors (Lipinski definition) is 0. The van der Waals surface area contributed by atoms with Crippen LogP contribution in [0.5, 0.6) is 5.75 Å². The topological polar surface area (TPSA) is 65.1 Å². The van der Waals surface area contributed by atoms with Gasteiger partial charge in [0.1, 0.15) is 24.7 Å². The number of carbonyl (C=O) groups excluding carboxylic acids is 2. The molecule has 1 atom stereocenters. The van der Waals surface area contributed by atoms with E-state index >= 15 is 0 Å². The van der Waals surface area contributed by atoms with E-state index in [1.165, 1.54) is 28.8 Å². The van der Waals surface area contributed by atoms with Crippen molar-refractivity contribution in [2.45, 2.75) is 19.5 Å². The molecule has 2 aromatic rings. The standard InChI is InChI=1S/C20H18FNO5S/c21-16-8-14(11-25-17(23)10-22-6-7-28-20(22)24)18-15(9-16)12-26-19(27-18)13-4-2-1-3-5-13/h1-5,8-9,19H,6-7,10-12H2/t19-/m0/s1. The molecule has 2 aromatic carbocycles. The fourth-order valence-electron chi connectivity index (χ4n) is 3.09. The van der Waals surface area contributed by atoms with Crippen LogP contribution < -0.4 is 4.74 Å². The molecule has 0 aromatic heterocycles. The summed E-state index contributed by atoms with van der Waals surface area (Å²) in [5.74, 6) is 0.127. The SMILES string of the molecule is O=C(CN1CCSC1=O)OCc1cc(F)cc2c1O[C@@H](c1ccccc1)OC2. The van der Waals surface area contributed by atoms with Crippen molar-refractivity contribution in [3.63, 3.8) is 0 Å². The molecule has 2 heterocycles. The molecule has 6 nitrogen and oxygen atoms in total. The minimum Gasteiger partial charge on any atom is -0.460 e. The largest absolute Gasteiger partial charge is 0.460 e. The first-order valence-corrected chi connectivity index (χ1v) is 9.80. The van der Waals surface area contributed by atoms with E-state index in [9.17, 15) is 14.0 Å². The van der Waals surface area contributed by atoms with E-state index in [2.05, 4.69) is 0 Å². The third kappa shape index (κ3) is 4.13. The fourth-order valence-corrected chi connectivity index (χ4v) is 3.91. The maximum absolute atomic E-state index is 14.0. The van der Waals surface area contributed by atoms with Crippen LogP contribution in [-0.4, -0.2) is 35.0 Å². The smallest absolute Gasteiger partial charge is 0.326 e. The summed E-state index contributed by atoms with van der Waals surface area (Å²) < 4.78 is 30.9. The molecular formula is C20H18FNO5S. The normalized spacial score (nSPS) is 18.5. The van der Waals surface area contributed by atoms with Crippen LogP contribution in [0.2, 0.25) is 0 Å². The Kier molecular flexibility index (Phi) is 5.50. The molecule has 28 heavy (non-hydrogen) atoms. The number of ether oxygens (including phenoxy) is 3. The molecule has 4 rings (SSSR count). The van der Waals surface area contributed by atoms with Gasteiger partial charge in [-0.1, -0.05) is 42.1 Å². The Bertz CT molecular complexity index is 892. The first-order chi connectivity index (χ1) is 13.6. The summed E-state index contributed by atoms with van der Waals surface area (Å²) in [6.07, 6.45) is -0.618. The van der Waals surface area contributed by atoms with E-state index in [0.717, 1.165) is 5.56 Å². The van der Waals surface area contributed by atoms with Gasteiger partial charge in [0.05, 0.1) is 6.61 Å². The predicted octanol–water partition coefficient (Wildman–Crippen LogP) is 3.65. The highest BCUT2D eigenvalue weighted by Crippen LogP contribution is 2.36. The van der Waals surface area contributed by atoms with Gasteiger partial charge in [0.25, 0.3) is 5.24 Å². The maximum atomic E-state index is 14.0. The molecule has 0 bridgehead atoms. The van der Waals surface area contributed by atoms with Gasteiger partial charge < -0.3 is 19.1 Å². The van der Waals surface area contributed by atoms with Gasteiger partial charge in [0.15, 0.2) is 0 Å². The zero-order valence-electron chi connectivity index (χ0n) is 14.9. The van der Waals surface area contributed by atoms with Gasteiger partial charge in [-0.2, -0.15) is 0 Å². The monoisotopic (exact) mass is 403 g/mol. The number of rotatable bonds is 5. The van der Waals surface area contributed by atoms with E-state index in [-0.39, 0.29) is 25.0 Å². The Morgan fingerprint density at radius 3 is 2.86 bits per heavy atom. The molecule has 1 fully saturated rings. The molecule has 2 aliphatic heterocycles. The molecule has 8 heteroatoms. The number of thioether (sulfide) groups is 1. The molecule has 0 aliphatic carbocycles. The summed E-state index contributed by atoms with van der Waals surface area (Å²) >= 11 is 1.18. The van der Waals surface area contributed by atoms with E-state index in [0.29, 0.717) is 29.2 Å². The minimum atomic E-state index is -0.618. The lowest BCUT2D eigenvalue weighted by Crippen LogP contribution is -2.31. The number of carbonyl (C=O) groups is 2. The van der Waals surface area contributed by atoms with Crippen LogP contribution in [0.1, 0.15) is 23.0 Å². The highest BCUT2D eigenvalue weighted by atomic mass is 32.2. The van der Waals surface area contributed by atoms with E-state index in [1.54, 1.807) is 0 Å². The highest BCUT2D eigenvalue weighted by molar-refractivity contribution is 8.13. The lowest BCUT2D eigenvalue weighted by atomic mass is 10.1. The number of esters is 1. The molecule has 2 aliphatic rings. The van der Waals surface area contributed by atoms with Gasteiger partial charge in [0.2, 0.25) is 6.29 Å². The van der Waals surface area contributed by atoms with Gasteiger partial charge in [-0.15, -0.1) is 0 Å². The predicted molar refractivity (Wildman–Crippen MR) is 100 cm³/mol. The van der Waals surface area contributed by atoms with Crippen molar-refractivity contribution < 1.29 is 28.2 Å². The lowest BCUT2D eigenvalue weighted by molar-refractivity contribution is -0.145. The molecule has 146 valence electrons. The molecule has 0 saturated carbocycles. The molecule has 1 saturated heterocycles. The van der Waals surface area contributed by atoms with Gasteiger partial charge in [-0.05, 0) is 12.1 Å². The van der Waals surface area contributed by atoms with Crippen LogP contribution in [0.15, 0.2) is 42.5 Å². The summed E-state index contributed by atoms with van der Waals surface area (Å²) in [5, 5.41) is -0.133. The summed E-state index contributed by atoms with van der Waals surface area (Å²) in [6, 6.07) is 12.0. The average molecular weight is 403 g/mol.